The van der Waals surface area contributed by atoms with E-state index in [1.165, 1.54) is 14.1 Å². The van der Waals surface area contributed by atoms with Gasteiger partial charge in [0.15, 0.2) is 3.95 Å². The maximum Gasteiger partial charge on any atom is 0.302 e. The number of hydrogen-bond acceptors (Lipinski definition) is 5. The molecule has 0 amide bonds. The molecule has 1 aromatic rings. The molecule has 0 fully saturated rings. The molecule has 0 unspecified atom stereocenters. The van der Waals surface area contributed by atoms with Crippen LogP contribution >= 0.6 is 23.6 Å². The van der Waals surface area contributed by atoms with Crippen LogP contribution in [0.4, 0.5) is 5.13 Å². The van der Waals surface area contributed by atoms with Gasteiger partial charge in [-0.1, -0.05) is 11.3 Å². The van der Waals surface area contributed by atoms with Crippen molar-refractivity contribution in [2.45, 2.75) is 0 Å². The first-order chi connectivity index (χ1) is 5.92. The van der Waals surface area contributed by atoms with Crippen molar-refractivity contribution in [1.82, 2.24) is 14.5 Å². The molecule has 1 aromatic heterocycles. The van der Waals surface area contributed by atoms with Crippen molar-refractivity contribution >= 4 is 38.9 Å². The van der Waals surface area contributed by atoms with Gasteiger partial charge in [-0.15, -0.1) is 5.10 Å². The van der Waals surface area contributed by atoms with E-state index in [1.54, 1.807) is 0 Å². The second-order valence-corrected chi connectivity index (χ2v) is 5.86. The first-order valence-corrected chi connectivity index (χ1v) is 5.84. The maximum absolute atomic E-state index is 11.2. The lowest BCUT2D eigenvalue weighted by molar-refractivity contribution is 0.526. The first-order valence-electron chi connectivity index (χ1n) is 3.17. The summed E-state index contributed by atoms with van der Waals surface area (Å²) in [4.78, 5) is 0. The zero-order valence-corrected chi connectivity index (χ0v) is 9.39. The van der Waals surface area contributed by atoms with Gasteiger partial charge in [-0.3, -0.25) is 5.10 Å². The third-order valence-electron chi connectivity index (χ3n) is 1.14. The summed E-state index contributed by atoms with van der Waals surface area (Å²) in [5, 5.41) is 6.36. The molecule has 0 aliphatic rings. The van der Waals surface area contributed by atoms with E-state index in [9.17, 15) is 8.42 Å². The molecule has 1 heterocycles. The summed E-state index contributed by atoms with van der Waals surface area (Å²) in [7, 11) is -0.623. The van der Waals surface area contributed by atoms with E-state index in [4.69, 9.17) is 12.2 Å². The summed E-state index contributed by atoms with van der Waals surface area (Å²) in [6.07, 6.45) is 0. The number of aromatic amines is 1. The SMILES string of the molecule is CN(C)S(=O)(=O)Nc1n[nH]c(=S)s1. The fourth-order valence-electron chi connectivity index (χ4n) is 0.475. The Morgan fingerprint density at radius 1 is 1.62 bits per heavy atom. The smallest absolute Gasteiger partial charge is 0.256 e. The van der Waals surface area contributed by atoms with Crippen LogP contribution in [0.5, 0.6) is 0 Å². The molecule has 0 aliphatic carbocycles. The maximum atomic E-state index is 11.2. The van der Waals surface area contributed by atoms with Crippen molar-refractivity contribution in [3.63, 3.8) is 0 Å². The van der Waals surface area contributed by atoms with Gasteiger partial charge in [-0.05, 0) is 12.2 Å². The number of hydrogen-bond donors (Lipinski definition) is 2. The van der Waals surface area contributed by atoms with E-state index in [1.807, 2.05) is 0 Å². The minimum atomic E-state index is -3.47. The van der Waals surface area contributed by atoms with Crippen LogP contribution in [0.25, 0.3) is 0 Å². The lowest BCUT2D eigenvalue weighted by atomic mass is 11.3. The predicted molar refractivity (Wildman–Crippen MR) is 53.5 cm³/mol. The molecular formula is C4H8N4O2S3. The van der Waals surface area contributed by atoms with Crippen LogP contribution in [-0.2, 0) is 10.2 Å². The number of nitrogens with zero attached hydrogens (tertiary/aromatic N) is 2. The third kappa shape index (κ3) is 2.72. The molecule has 9 heteroatoms. The second-order valence-electron chi connectivity index (χ2n) is 2.31. The molecule has 1 rings (SSSR count). The number of nitrogens with one attached hydrogen (secondary N) is 2. The quantitative estimate of drug-likeness (QED) is 0.751. The molecule has 0 aromatic carbocycles. The zero-order valence-electron chi connectivity index (χ0n) is 6.94. The normalized spacial score (nSPS) is 11.9. The zero-order chi connectivity index (χ0) is 10.1. The summed E-state index contributed by atoms with van der Waals surface area (Å²) in [6.45, 7) is 0. The molecule has 0 spiro atoms. The van der Waals surface area contributed by atoms with Crippen LogP contribution in [-0.4, -0.2) is 37.0 Å². The van der Waals surface area contributed by atoms with Crippen LogP contribution in [0, 0.1) is 3.95 Å². The molecule has 0 saturated carbocycles. The summed E-state index contributed by atoms with van der Waals surface area (Å²) >= 11 is 5.80. The summed E-state index contributed by atoms with van der Waals surface area (Å²) < 4.78 is 26.2. The third-order valence-corrected chi connectivity index (χ3v) is 3.68. The first kappa shape index (κ1) is 10.6. The van der Waals surface area contributed by atoms with E-state index < -0.39 is 10.2 Å². The molecule has 0 bridgehead atoms. The number of anilines is 1. The van der Waals surface area contributed by atoms with Crippen LogP contribution in [0.15, 0.2) is 0 Å². The van der Waals surface area contributed by atoms with Crippen molar-refractivity contribution in [1.29, 1.82) is 0 Å². The predicted octanol–water partition coefficient (Wildman–Crippen LogP) is 0.419. The minimum Gasteiger partial charge on any atom is -0.256 e. The molecule has 0 saturated heterocycles. The van der Waals surface area contributed by atoms with E-state index in [2.05, 4.69) is 14.9 Å². The van der Waals surface area contributed by atoms with Crippen molar-refractivity contribution in [3.8, 4) is 0 Å². The van der Waals surface area contributed by atoms with Gasteiger partial charge in [0.25, 0.3) is 0 Å². The molecule has 13 heavy (non-hydrogen) atoms. The average Bonchev–Trinajstić information content (AvgIpc) is 2.34. The van der Waals surface area contributed by atoms with Gasteiger partial charge < -0.3 is 0 Å². The monoisotopic (exact) mass is 240 g/mol. The molecular weight excluding hydrogens is 232 g/mol. The van der Waals surface area contributed by atoms with Crippen LogP contribution in [0.2, 0.25) is 0 Å². The van der Waals surface area contributed by atoms with Crippen molar-refractivity contribution in [2.75, 3.05) is 18.8 Å². The Morgan fingerprint density at radius 2 is 2.23 bits per heavy atom. The highest BCUT2D eigenvalue weighted by atomic mass is 32.2. The van der Waals surface area contributed by atoms with E-state index in [-0.39, 0.29) is 5.13 Å². The van der Waals surface area contributed by atoms with E-state index in [0.717, 1.165) is 15.6 Å². The van der Waals surface area contributed by atoms with Gasteiger partial charge in [-0.2, -0.15) is 12.7 Å². The Hall–Kier alpha value is -0.510. The molecule has 2 N–H and O–H groups in total. The minimum absolute atomic E-state index is 0.235. The Bertz CT molecular complexity index is 430. The summed E-state index contributed by atoms with van der Waals surface area (Å²) in [5.41, 5.74) is 0. The molecule has 0 atom stereocenters. The highest BCUT2D eigenvalue weighted by molar-refractivity contribution is 7.90. The van der Waals surface area contributed by atoms with Crippen molar-refractivity contribution < 1.29 is 8.42 Å². The summed E-state index contributed by atoms with van der Waals surface area (Å²) in [6, 6.07) is 0. The van der Waals surface area contributed by atoms with Gasteiger partial charge in [0.05, 0.1) is 0 Å². The van der Waals surface area contributed by atoms with Crippen molar-refractivity contribution in [3.05, 3.63) is 3.95 Å². The van der Waals surface area contributed by atoms with Gasteiger partial charge in [0, 0.05) is 14.1 Å². The topological polar surface area (TPSA) is 78.1 Å². The number of H-pyrrole nitrogens is 1. The lowest BCUT2D eigenvalue weighted by Gasteiger charge is -2.10. The Morgan fingerprint density at radius 3 is 2.62 bits per heavy atom. The van der Waals surface area contributed by atoms with Crippen LogP contribution < -0.4 is 4.72 Å². The van der Waals surface area contributed by atoms with Crippen molar-refractivity contribution in [2.24, 2.45) is 0 Å². The highest BCUT2D eigenvalue weighted by Gasteiger charge is 2.14. The molecule has 0 aliphatic heterocycles. The molecule has 74 valence electrons. The van der Waals surface area contributed by atoms with Gasteiger partial charge >= 0.3 is 10.2 Å². The van der Waals surface area contributed by atoms with Gasteiger partial charge in [0.1, 0.15) is 0 Å². The fraction of sp³-hybridized carbons (Fsp3) is 0.500. The largest absolute Gasteiger partial charge is 0.302 e. The number of aromatic nitrogens is 2. The van der Waals surface area contributed by atoms with Gasteiger partial charge in [-0.25, -0.2) is 4.72 Å². The lowest BCUT2D eigenvalue weighted by Crippen LogP contribution is -2.28. The van der Waals surface area contributed by atoms with E-state index >= 15 is 0 Å². The van der Waals surface area contributed by atoms with E-state index in [0.29, 0.717) is 3.95 Å². The fourth-order valence-corrected chi connectivity index (χ4v) is 2.05. The number of rotatable bonds is 3. The Balaban J connectivity index is 2.87. The van der Waals surface area contributed by atoms with Crippen LogP contribution in [0.3, 0.4) is 0 Å². The summed E-state index contributed by atoms with van der Waals surface area (Å²) in [5.74, 6) is 0. The highest BCUT2D eigenvalue weighted by Crippen LogP contribution is 2.12. The Kier molecular flexibility index (Phi) is 3.01. The average molecular weight is 240 g/mol. The van der Waals surface area contributed by atoms with Gasteiger partial charge in [0.2, 0.25) is 5.13 Å². The Labute approximate surface area is 84.8 Å². The second kappa shape index (κ2) is 3.70. The van der Waals surface area contributed by atoms with Crippen LogP contribution in [0.1, 0.15) is 0 Å². The standard InChI is InChI=1S/C4H8N4O2S3/c1-8(2)13(9,10)7-3-5-6-4(11)12-3/h1-2H3,(H,5,7)(H,6,11). The molecule has 0 radical (unpaired) electrons. The molecule has 6 nitrogen and oxygen atoms in total.